The molecule has 0 spiro atoms. The van der Waals surface area contributed by atoms with Gasteiger partial charge in [0.05, 0.1) is 5.97 Å². The molecule has 0 bridgehead atoms. The highest BCUT2D eigenvalue weighted by Crippen LogP contribution is 2.11. The third-order valence-electron chi connectivity index (χ3n) is 4.12. The Labute approximate surface area is 161 Å². The molecular formula is C24H37O2-. The molecule has 0 aliphatic heterocycles. The minimum Gasteiger partial charge on any atom is -0.545 e. The summed E-state index contributed by atoms with van der Waals surface area (Å²) >= 11 is 0. The van der Waals surface area contributed by atoms with Gasteiger partial charge in [0.15, 0.2) is 0 Å². The van der Waals surface area contributed by atoms with E-state index in [4.69, 9.17) is 0 Å². The van der Waals surface area contributed by atoms with E-state index in [2.05, 4.69) is 19.1 Å². The van der Waals surface area contributed by atoms with Crippen LogP contribution in [0.5, 0.6) is 0 Å². The summed E-state index contributed by atoms with van der Waals surface area (Å²) in [6.45, 7) is 2.27. The second kappa shape index (κ2) is 21.2. The lowest BCUT2D eigenvalue weighted by Crippen LogP contribution is -2.18. The highest BCUT2D eigenvalue weighted by molar-refractivity contribution is 5.77. The highest BCUT2D eigenvalue weighted by atomic mass is 16.4. The van der Waals surface area contributed by atoms with E-state index in [1.807, 2.05) is 24.3 Å². The summed E-state index contributed by atoms with van der Waals surface area (Å²) in [5.41, 5.74) is 0. The number of aliphatic carboxylic acids is 1. The van der Waals surface area contributed by atoms with Crippen LogP contribution in [-0.4, -0.2) is 5.97 Å². The van der Waals surface area contributed by atoms with Crippen LogP contribution < -0.4 is 5.11 Å². The lowest BCUT2D eigenvalue weighted by molar-refractivity contribution is -0.297. The first-order chi connectivity index (χ1) is 12.8. The maximum atomic E-state index is 10.1. The van der Waals surface area contributed by atoms with Crippen molar-refractivity contribution in [2.75, 3.05) is 0 Å². The molecule has 0 fully saturated rings. The van der Waals surface area contributed by atoms with Crippen molar-refractivity contribution in [1.82, 2.24) is 0 Å². The molecule has 0 unspecified atom stereocenters. The molecule has 0 aromatic heterocycles. The molecule has 0 atom stereocenters. The number of carbonyl (C=O) groups excluding carboxylic acids is 1. The van der Waals surface area contributed by atoms with E-state index < -0.39 is 5.97 Å². The van der Waals surface area contributed by atoms with Gasteiger partial charge in [-0.3, -0.25) is 0 Å². The predicted octanol–water partition coefficient (Wildman–Crippen LogP) is 6.22. The zero-order valence-electron chi connectivity index (χ0n) is 16.6. The van der Waals surface area contributed by atoms with Gasteiger partial charge in [-0.2, -0.15) is 0 Å². The lowest BCUT2D eigenvalue weighted by atomic mass is 10.1. The minimum atomic E-state index is -1.18. The Morgan fingerprint density at radius 2 is 1.04 bits per heavy atom. The van der Waals surface area contributed by atoms with Gasteiger partial charge >= 0.3 is 0 Å². The number of carbonyl (C=O) groups is 1. The second-order valence-corrected chi connectivity index (χ2v) is 6.59. The van der Waals surface area contributed by atoms with E-state index in [9.17, 15) is 9.90 Å². The summed E-state index contributed by atoms with van der Waals surface area (Å²) in [6.07, 6.45) is 34.3. The fourth-order valence-corrected chi connectivity index (χ4v) is 2.62. The highest BCUT2D eigenvalue weighted by Gasteiger charge is 1.92. The van der Waals surface area contributed by atoms with Crippen molar-refractivity contribution in [3.05, 3.63) is 60.8 Å². The smallest absolute Gasteiger partial charge is 0.0642 e. The van der Waals surface area contributed by atoms with E-state index in [0.29, 0.717) is 0 Å². The number of unbranched alkanes of at least 4 members (excludes halogenated alkanes) is 11. The van der Waals surface area contributed by atoms with Gasteiger partial charge in [0.2, 0.25) is 0 Å². The Morgan fingerprint density at radius 3 is 1.54 bits per heavy atom. The number of rotatable bonds is 17. The van der Waals surface area contributed by atoms with Crippen LogP contribution in [0.3, 0.4) is 0 Å². The molecule has 0 amide bonds. The number of allylic oxidation sites excluding steroid dienone is 9. The van der Waals surface area contributed by atoms with Crippen molar-refractivity contribution in [2.45, 2.75) is 84.0 Å². The Bertz CT molecular complexity index is 453. The minimum absolute atomic E-state index is 0.998. The Morgan fingerprint density at radius 1 is 0.615 bits per heavy atom. The van der Waals surface area contributed by atoms with Crippen LogP contribution in [0.25, 0.3) is 0 Å². The van der Waals surface area contributed by atoms with Crippen molar-refractivity contribution < 1.29 is 9.90 Å². The van der Waals surface area contributed by atoms with Crippen molar-refractivity contribution >= 4 is 5.97 Å². The fraction of sp³-hybridized carbons (Fsp3) is 0.542. The van der Waals surface area contributed by atoms with E-state index in [-0.39, 0.29) is 0 Å². The molecule has 0 aromatic rings. The topological polar surface area (TPSA) is 40.1 Å². The van der Waals surface area contributed by atoms with Crippen molar-refractivity contribution in [3.8, 4) is 0 Å². The molecule has 26 heavy (non-hydrogen) atoms. The maximum Gasteiger partial charge on any atom is 0.0642 e. The van der Waals surface area contributed by atoms with Gasteiger partial charge in [-0.15, -0.1) is 0 Å². The molecule has 0 saturated carbocycles. The predicted molar refractivity (Wildman–Crippen MR) is 112 cm³/mol. The van der Waals surface area contributed by atoms with Crippen LogP contribution in [0.2, 0.25) is 0 Å². The van der Waals surface area contributed by atoms with Crippen molar-refractivity contribution in [1.29, 1.82) is 0 Å². The van der Waals surface area contributed by atoms with Gasteiger partial charge < -0.3 is 9.90 Å². The average molecular weight is 358 g/mol. The summed E-state index contributed by atoms with van der Waals surface area (Å²) in [5, 5.41) is 10.1. The van der Waals surface area contributed by atoms with Crippen LogP contribution in [0, 0.1) is 0 Å². The third-order valence-corrected chi connectivity index (χ3v) is 4.12. The van der Waals surface area contributed by atoms with E-state index in [0.717, 1.165) is 12.5 Å². The van der Waals surface area contributed by atoms with Crippen LogP contribution in [0.15, 0.2) is 60.8 Å². The van der Waals surface area contributed by atoms with Crippen molar-refractivity contribution in [2.24, 2.45) is 0 Å². The second-order valence-electron chi connectivity index (χ2n) is 6.59. The normalized spacial score (nSPS) is 12.7. The lowest BCUT2D eigenvalue weighted by Gasteiger charge is -2.01. The zero-order chi connectivity index (χ0) is 19.1. The summed E-state index contributed by atoms with van der Waals surface area (Å²) in [6, 6.07) is 0. The molecule has 2 nitrogen and oxygen atoms in total. The van der Waals surface area contributed by atoms with E-state index in [1.165, 1.54) is 76.7 Å². The Balaban J connectivity index is 3.38. The van der Waals surface area contributed by atoms with Gasteiger partial charge in [0.25, 0.3) is 0 Å². The number of carboxylic acid groups (broad SMARTS) is 1. The molecule has 0 radical (unpaired) electrons. The zero-order valence-corrected chi connectivity index (χ0v) is 16.6. The monoisotopic (exact) mass is 357 g/mol. The molecule has 146 valence electrons. The van der Waals surface area contributed by atoms with Crippen LogP contribution >= 0.6 is 0 Å². The van der Waals surface area contributed by atoms with Crippen LogP contribution in [-0.2, 0) is 4.79 Å². The molecule has 0 N–H and O–H groups in total. The quantitative estimate of drug-likeness (QED) is 0.176. The number of hydrogen-bond donors (Lipinski definition) is 0. The van der Waals surface area contributed by atoms with Crippen LogP contribution in [0.4, 0.5) is 0 Å². The molecular weight excluding hydrogens is 320 g/mol. The summed E-state index contributed by atoms with van der Waals surface area (Å²) < 4.78 is 0. The van der Waals surface area contributed by atoms with Crippen LogP contribution in [0.1, 0.15) is 84.0 Å². The summed E-state index contributed by atoms with van der Waals surface area (Å²) in [7, 11) is 0. The van der Waals surface area contributed by atoms with Gasteiger partial charge in [0, 0.05) is 0 Å². The molecule has 0 heterocycles. The number of hydrogen-bond acceptors (Lipinski definition) is 2. The molecule has 0 aliphatic carbocycles. The number of carboxylic acids is 1. The van der Waals surface area contributed by atoms with E-state index >= 15 is 0 Å². The standard InChI is InChI=1S/C24H38O2/c1-2-3-4-5-6-7-8-9-10-11-12-13-14-15-16-17-18-19-20-21-22-23-24(25)26/h14-23H,2-13H2,1H3,(H,25,26)/p-1/b15-14+,17-16+,19-18+,21-20+,23-22+. The maximum absolute atomic E-state index is 10.1. The Hall–Kier alpha value is -1.83. The van der Waals surface area contributed by atoms with Gasteiger partial charge in [-0.25, -0.2) is 0 Å². The largest absolute Gasteiger partial charge is 0.545 e. The average Bonchev–Trinajstić information content (AvgIpc) is 2.62. The first kappa shape index (κ1) is 24.2. The molecule has 0 rings (SSSR count). The van der Waals surface area contributed by atoms with Crippen molar-refractivity contribution in [3.63, 3.8) is 0 Å². The van der Waals surface area contributed by atoms with E-state index in [1.54, 1.807) is 12.2 Å². The first-order valence-electron chi connectivity index (χ1n) is 10.3. The van der Waals surface area contributed by atoms with Gasteiger partial charge in [-0.1, -0.05) is 126 Å². The third kappa shape index (κ3) is 22.2. The Kier molecular flexibility index (Phi) is 19.7. The summed E-state index contributed by atoms with van der Waals surface area (Å²) in [5.74, 6) is -1.18. The molecule has 0 aliphatic rings. The molecule has 2 heteroatoms. The fourth-order valence-electron chi connectivity index (χ4n) is 2.62. The molecule has 0 aromatic carbocycles. The van der Waals surface area contributed by atoms with Gasteiger partial charge in [0.1, 0.15) is 0 Å². The SMILES string of the molecule is CCCCCCCCCCCCC/C=C/C=C/C=C/C=C/C=C/C(=O)[O-]. The summed E-state index contributed by atoms with van der Waals surface area (Å²) in [4.78, 5) is 10.1. The van der Waals surface area contributed by atoms with Gasteiger partial charge in [-0.05, 0) is 18.9 Å². The first-order valence-corrected chi connectivity index (χ1v) is 10.3. The molecule has 0 saturated heterocycles.